The minimum Gasteiger partial charge on any atom is -0.383 e. The quantitative estimate of drug-likeness (QED) is 0.627. The predicted octanol–water partition coefficient (Wildman–Crippen LogP) is 2.12. The van der Waals surface area contributed by atoms with Crippen molar-refractivity contribution in [1.29, 1.82) is 0 Å². The van der Waals surface area contributed by atoms with Gasteiger partial charge in [0.2, 0.25) is 0 Å². The Labute approximate surface area is 107 Å². The molecule has 1 aliphatic heterocycles. The molecule has 1 heterocycles. The van der Waals surface area contributed by atoms with Crippen LogP contribution in [-0.2, 0) is 4.74 Å². The Morgan fingerprint density at radius 1 is 1.24 bits per heavy atom. The number of ether oxygens (including phenoxy) is 1. The first kappa shape index (κ1) is 14.9. The van der Waals surface area contributed by atoms with Crippen molar-refractivity contribution < 1.29 is 4.74 Å². The number of hydrogen-bond donors (Lipinski definition) is 1. The zero-order valence-corrected chi connectivity index (χ0v) is 11.9. The van der Waals surface area contributed by atoms with Crippen LogP contribution in [0.5, 0.6) is 0 Å². The first-order valence-electron chi connectivity index (χ1n) is 7.18. The summed E-state index contributed by atoms with van der Waals surface area (Å²) >= 11 is 0. The van der Waals surface area contributed by atoms with Crippen LogP contribution in [0, 0.1) is 5.41 Å². The highest BCUT2D eigenvalue weighted by Gasteiger charge is 2.34. The van der Waals surface area contributed by atoms with E-state index in [0.717, 1.165) is 19.7 Å². The van der Waals surface area contributed by atoms with E-state index in [2.05, 4.69) is 24.1 Å². The molecule has 1 N–H and O–H groups in total. The average molecular weight is 242 g/mol. The zero-order valence-electron chi connectivity index (χ0n) is 11.9. The van der Waals surface area contributed by atoms with Crippen LogP contribution in [0.15, 0.2) is 0 Å². The molecule has 0 aromatic heterocycles. The van der Waals surface area contributed by atoms with Crippen molar-refractivity contribution in [3.05, 3.63) is 0 Å². The van der Waals surface area contributed by atoms with E-state index in [0.29, 0.717) is 5.41 Å². The molecule has 1 rings (SSSR count). The lowest BCUT2D eigenvalue weighted by Gasteiger charge is -2.26. The number of nitrogens with one attached hydrogen (secondary N) is 1. The SMILES string of the molecule is CCC1(CC)CCN(CCCNCCOC)C1. The predicted molar refractivity (Wildman–Crippen MR) is 73.4 cm³/mol. The number of likely N-dealkylation sites (tertiary alicyclic amines) is 1. The molecular weight excluding hydrogens is 212 g/mol. The maximum Gasteiger partial charge on any atom is 0.0587 e. The van der Waals surface area contributed by atoms with E-state index in [1.54, 1.807) is 7.11 Å². The van der Waals surface area contributed by atoms with Gasteiger partial charge in [0.05, 0.1) is 6.61 Å². The first-order valence-corrected chi connectivity index (χ1v) is 7.18. The molecule has 17 heavy (non-hydrogen) atoms. The largest absolute Gasteiger partial charge is 0.383 e. The summed E-state index contributed by atoms with van der Waals surface area (Å²) in [5, 5.41) is 3.41. The van der Waals surface area contributed by atoms with Crippen LogP contribution in [-0.4, -0.2) is 51.3 Å². The number of hydrogen-bond acceptors (Lipinski definition) is 3. The minimum atomic E-state index is 0.628. The van der Waals surface area contributed by atoms with Crippen LogP contribution >= 0.6 is 0 Å². The average Bonchev–Trinajstić information content (AvgIpc) is 2.78. The van der Waals surface area contributed by atoms with E-state index >= 15 is 0 Å². The monoisotopic (exact) mass is 242 g/mol. The number of methoxy groups -OCH3 is 1. The van der Waals surface area contributed by atoms with E-state index in [-0.39, 0.29) is 0 Å². The van der Waals surface area contributed by atoms with Gasteiger partial charge in [-0.05, 0) is 50.7 Å². The second-order valence-electron chi connectivity index (χ2n) is 5.33. The van der Waals surface area contributed by atoms with E-state index in [9.17, 15) is 0 Å². The summed E-state index contributed by atoms with van der Waals surface area (Å²) in [4.78, 5) is 2.64. The van der Waals surface area contributed by atoms with Gasteiger partial charge in [-0.1, -0.05) is 13.8 Å². The van der Waals surface area contributed by atoms with Crippen LogP contribution in [0.3, 0.4) is 0 Å². The Bertz CT molecular complexity index is 193. The van der Waals surface area contributed by atoms with Crippen molar-refractivity contribution in [2.24, 2.45) is 5.41 Å². The van der Waals surface area contributed by atoms with Crippen molar-refractivity contribution in [3.63, 3.8) is 0 Å². The van der Waals surface area contributed by atoms with Gasteiger partial charge < -0.3 is 15.0 Å². The van der Waals surface area contributed by atoms with Crippen LogP contribution in [0.1, 0.15) is 39.5 Å². The Morgan fingerprint density at radius 2 is 2.00 bits per heavy atom. The smallest absolute Gasteiger partial charge is 0.0587 e. The van der Waals surface area contributed by atoms with Crippen molar-refractivity contribution in [3.8, 4) is 0 Å². The molecule has 0 bridgehead atoms. The van der Waals surface area contributed by atoms with Gasteiger partial charge in [-0.2, -0.15) is 0 Å². The third kappa shape index (κ3) is 4.94. The summed E-state index contributed by atoms with van der Waals surface area (Å²) in [5.41, 5.74) is 0.628. The van der Waals surface area contributed by atoms with Gasteiger partial charge in [0.15, 0.2) is 0 Å². The third-order valence-electron chi connectivity index (χ3n) is 4.33. The van der Waals surface area contributed by atoms with Crippen molar-refractivity contribution >= 4 is 0 Å². The summed E-state index contributed by atoms with van der Waals surface area (Å²) in [7, 11) is 1.75. The lowest BCUT2D eigenvalue weighted by molar-refractivity contribution is 0.198. The Balaban J connectivity index is 2.06. The summed E-state index contributed by atoms with van der Waals surface area (Å²) in [5.74, 6) is 0. The van der Waals surface area contributed by atoms with Crippen LogP contribution < -0.4 is 5.32 Å². The molecule has 0 aromatic carbocycles. The van der Waals surface area contributed by atoms with E-state index < -0.39 is 0 Å². The molecule has 0 spiro atoms. The molecule has 0 amide bonds. The molecule has 0 saturated carbocycles. The van der Waals surface area contributed by atoms with Crippen LogP contribution in [0.4, 0.5) is 0 Å². The molecule has 3 heteroatoms. The van der Waals surface area contributed by atoms with Crippen LogP contribution in [0.2, 0.25) is 0 Å². The molecule has 0 aliphatic carbocycles. The molecule has 0 unspecified atom stereocenters. The topological polar surface area (TPSA) is 24.5 Å². The van der Waals surface area contributed by atoms with Gasteiger partial charge in [-0.3, -0.25) is 0 Å². The highest BCUT2D eigenvalue weighted by Crippen LogP contribution is 2.36. The fraction of sp³-hybridized carbons (Fsp3) is 1.00. The minimum absolute atomic E-state index is 0.628. The van der Waals surface area contributed by atoms with Gasteiger partial charge in [0.1, 0.15) is 0 Å². The highest BCUT2D eigenvalue weighted by atomic mass is 16.5. The van der Waals surface area contributed by atoms with E-state index in [1.165, 1.54) is 45.3 Å². The molecule has 0 atom stereocenters. The third-order valence-corrected chi connectivity index (χ3v) is 4.33. The maximum atomic E-state index is 5.01. The molecule has 1 fully saturated rings. The fourth-order valence-electron chi connectivity index (χ4n) is 2.77. The molecule has 102 valence electrons. The Morgan fingerprint density at radius 3 is 2.59 bits per heavy atom. The Hall–Kier alpha value is -0.120. The van der Waals surface area contributed by atoms with E-state index in [1.807, 2.05) is 0 Å². The fourth-order valence-corrected chi connectivity index (χ4v) is 2.77. The lowest BCUT2D eigenvalue weighted by atomic mass is 9.82. The van der Waals surface area contributed by atoms with Crippen molar-refractivity contribution in [1.82, 2.24) is 10.2 Å². The summed E-state index contributed by atoms with van der Waals surface area (Å²) in [6.07, 6.45) is 5.34. The maximum absolute atomic E-state index is 5.01. The van der Waals surface area contributed by atoms with E-state index in [4.69, 9.17) is 4.74 Å². The molecule has 3 nitrogen and oxygen atoms in total. The second kappa shape index (κ2) is 8.06. The molecule has 0 radical (unpaired) electrons. The van der Waals surface area contributed by atoms with Crippen molar-refractivity contribution in [2.75, 3.05) is 46.4 Å². The van der Waals surface area contributed by atoms with Gasteiger partial charge in [-0.15, -0.1) is 0 Å². The number of rotatable bonds is 9. The summed E-state index contributed by atoms with van der Waals surface area (Å²) in [6, 6.07) is 0. The van der Waals surface area contributed by atoms with Gasteiger partial charge in [0, 0.05) is 20.2 Å². The molecule has 0 aromatic rings. The van der Waals surface area contributed by atoms with Gasteiger partial charge in [-0.25, -0.2) is 0 Å². The highest BCUT2D eigenvalue weighted by molar-refractivity contribution is 4.87. The summed E-state index contributed by atoms with van der Waals surface area (Å²) in [6.45, 7) is 11.5. The van der Waals surface area contributed by atoms with Crippen LogP contribution in [0.25, 0.3) is 0 Å². The zero-order chi connectivity index (χ0) is 12.6. The van der Waals surface area contributed by atoms with Gasteiger partial charge in [0.25, 0.3) is 0 Å². The van der Waals surface area contributed by atoms with Gasteiger partial charge >= 0.3 is 0 Å². The Kier molecular flexibility index (Phi) is 7.09. The normalized spacial score (nSPS) is 19.9. The van der Waals surface area contributed by atoms with Crippen molar-refractivity contribution in [2.45, 2.75) is 39.5 Å². The molecule has 1 aliphatic rings. The standard InChI is InChI=1S/C14H30N2O/c1-4-14(5-2)7-11-16(13-14)10-6-8-15-9-12-17-3/h15H,4-13H2,1-3H3. The second-order valence-corrected chi connectivity index (χ2v) is 5.33. The molecular formula is C14H30N2O. The number of nitrogens with zero attached hydrogens (tertiary/aromatic N) is 1. The summed E-state index contributed by atoms with van der Waals surface area (Å²) < 4.78 is 5.01. The first-order chi connectivity index (χ1) is 8.26. The molecule has 1 saturated heterocycles. The lowest BCUT2D eigenvalue weighted by Crippen LogP contribution is -2.29.